The van der Waals surface area contributed by atoms with E-state index in [1.165, 1.54) is 31.4 Å². The quantitative estimate of drug-likeness (QED) is 0.705. The topological polar surface area (TPSA) is 43.6 Å². The zero-order valence-corrected chi connectivity index (χ0v) is 13.4. The molecule has 0 atom stereocenters. The van der Waals surface area contributed by atoms with Gasteiger partial charge < -0.3 is 4.57 Å². The SMILES string of the molecule is Fc1ccc(-c2ncn(C3CCCCC3)c2-c2ccncn2)cc1. The van der Waals surface area contributed by atoms with Crippen LogP contribution in [-0.4, -0.2) is 19.5 Å². The molecule has 0 N–H and O–H groups in total. The summed E-state index contributed by atoms with van der Waals surface area (Å²) in [5.41, 5.74) is 3.60. The third kappa shape index (κ3) is 2.82. The van der Waals surface area contributed by atoms with Crippen LogP contribution in [0, 0.1) is 5.82 Å². The molecule has 5 heteroatoms. The van der Waals surface area contributed by atoms with Crippen LogP contribution in [0.1, 0.15) is 38.1 Å². The number of imidazole rings is 1. The Labute approximate surface area is 140 Å². The summed E-state index contributed by atoms with van der Waals surface area (Å²) in [6.07, 6.45) is 11.3. The number of halogens is 1. The largest absolute Gasteiger partial charge is 0.326 e. The molecule has 1 aliphatic rings. The molecule has 2 aromatic heterocycles. The lowest BCUT2D eigenvalue weighted by Gasteiger charge is -2.25. The Kier molecular flexibility index (Phi) is 4.07. The van der Waals surface area contributed by atoms with Crippen LogP contribution in [0.2, 0.25) is 0 Å². The Morgan fingerprint density at radius 2 is 1.75 bits per heavy atom. The van der Waals surface area contributed by atoms with Crippen LogP contribution < -0.4 is 0 Å². The number of nitrogens with zero attached hydrogens (tertiary/aromatic N) is 4. The van der Waals surface area contributed by atoms with E-state index in [9.17, 15) is 4.39 Å². The fraction of sp³-hybridized carbons (Fsp3) is 0.316. The van der Waals surface area contributed by atoms with Crippen LogP contribution in [0.15, 0.2) is 49.2 Å². The highest BCUT2D eigenvalue weighted by Gasteiger charge is 2.23. The normalized spacial score (nSPS) is 15.5. The van der Waals surface area contributed by atoms with E-state index < -0.39 is 0 Å². The van der Waals surface area contributed by atoms with Gasteiger partial charge in [0.05, 0.1) is 23.4 Å². The van der Waals surface area contributed by atoms with E-state index in [0.717, 1.165) is 35.5 Å². The van der Waals surface area contributed by atoms with Crippen molar-refractivity contribution >= 4 is 0 Å². The molecule has 4 nitrogen and oxygen atoms in total. The summed E-state index contributed by atoms with van der Waals surface area (Å²) in [5, 5.41) is 0. The van der Waals surface area contributed by atoms with Gasteiger partial charge in [-0.1, -0.05) is 19.3 Å². The van der Waals surface area contributed by atoms with Crippen molar-refractivity contribution in [3.05, 3.63) is 55.0 Å². The molecule has 0 radical (unpaired) electrons. The van der Waals surface area contributed by atoms with Gasteiger partial charge in [-0.25, -0.2) is 19.3 Å². The van der Waals surface area contributed by atoms with Gasteiger partial charge in [-0.05, 0) is 43.2 Å². The zero-order chi connectivity index (χ0) is 16.4. The second kappa shape index (κ2) is 6.51. The summed E-state index contributed by atoms with van der Waals surface area (Å²) in [6.45, 7) is 0. The lowest BCUT2D eigenvalue weighted by Crippen LogP contribution is -2.13. The third-order valence-electron chi connectivity index (χ3n) is 4.70. The Hall–Kier alpha value is -2.56. The molecular weight excluding hydrogens is 303 g/mol. The van der Waals surface area contributed by atoms with E-state index >= 15 is 0 Å². The highest BCUT2D eigenvalue weighted by Crippen LogP contribution is 2.36. The molecule has 122 valence electrons. The summed E-state index contributed by atoms with van der Waals surface area (Å²) in [5.74, 6) is -0.242. The fourth-order valence-corrected chi connectivity index (χ4v) is 3.50. The van der Waals surface area contributed by atoms with Crippen molar-refractivity contribution in [1.82, 2.24) is 19.5 Å². The highest BCUT2D eigenvalue weighted by molar-refractivity contribution is 5.76. The molecule has 1 fully saturated rings. The van der Waals surface area contributed by atoms with E-state index in [2.05, 4.69) is 19.5 Å². The molecule has 0 unspecified atom stereocenters. The second-order valence-corrected chi connectivity index (χ2v) is 6.24. The average Bonchev–Trinajstić information content (AvgIpc) is 3.09. The predicted octanol–water partition coefficient (Wildman–Crippen LogP) is 4.65. The van der Waals surface area contributed by atoms with E-state index in [0.29, 0.717) is 6.04 Å². The molecule has 1 aliphatic carbocycles. The van der Waals surface area contributed by atoms with Crippen molar-refractivity contribution in [3.8, 4) is 22.6 Å². The molecule has 24 heavy (non-hydrogen) atoms. The van der Waals surface area contributed by atoms with E-state index in [-0.39, 0.29) is 5.82 Å². The number of hydrogen-bond acceptors (Lipinski definition) is 3. The minimum absolute atomic E-state index is 0.242. The molecule has 0 spiro atoms. The van der Waals surface area contributed by atoms with Crippen LogP contribution >= 0.6 is 0 Å². The first-order valence-corrected chi connectivity index (χ1v) is 8.42. The van der Waals surface area contributed by atoms with E-state index in [1.54, 1.807) is 24.7 Å². The molecule has 3 aromatic rings. The first-order valence-electron chi connectivity index (χ1n) is 8.42. The Morgan fingerprint density at radius 1 is 0.958 bits per heavy atom. The zero-order valence-electron chi connectivity index (χ0n) is 13.4. The maximum atomic E-state index is 13.3. The average molecular weight is 322 g/mol. The number of aromatic nitrogens is 4. The smallest absolute Gasteiger partial charge is 0.123 e. The van der Waals surface area contributed by atoms with Gasteiger partial charge in [-0.15, -0.1) is 0 Å². The molecule has 0 saturated heterocycles. The van der Waals surface area contributed by atoms with Crippen molar-refractivity contribution < 1.29 is 4.39 Å². The van der Waals surface area contributed by atoms with Crippen LogP contribution in [-0.2, 0) is 0 Å². The van der Waals surface area contributed by atoms with Gasteiger partial charge in [-0.2, -0.15) is 0 Å². The molecule has 1 saturated carbocycles. The summed E-state index contributed by atoms with van der Waals surface area (Å²) >= 11 is 0. The minimum Gasteiger partial charge on any atom is -0.326 e. The van der Waals surface area contributed by atoms with Crippen molar-refractivity contribution in [3.63, 3.8) is 0 Å². The van der Waals surface area contributed by atoms with E-state index in [4.69, 9.17) is 0 Å². The van der Waals surface area contributed by atoms with Gasteiger partial charge in [-0.3, -0.25) is 0 Å². The van der Waals surface area contributed by atoms with Crippen molar-refractivity contribution in [1.29, 1.82) is 0 Å². The van der Waals surface area contributed by atoms with Crippen LogP contribution in [0.4, 0.5) is 4.39 Å². The monoisotopic (exact) mass is 322 g/mol. The first kappa shape index (κ1) is 15.0. The van der Waals surface area contributed by atoms with Crippen molar-refractivity contribution in [2.75, 3.05) is 0 Å². The van der Waals surface area contributed by atoms with Crippen molar-refractivity contribution in [2.24, 2.45) is 0 Å². The third-order valence-corrected chi connectivity index (χ3v) is 4.70. The molecule has 1 aromatic carbocycles. The molecule has 0 bridgehead atoms. The van der Waals surface area contributed by atoms with Gasteiger partial charge in [0.2, 0.25) is 0 Å². The van der Waals surface area contributed by atoms with Gasteiger partial charge in [0.15, 0.2) is 0 Å². The Morgan fingerprint density at radius 3 is 2.46 bits per heavy atom. The lowest BCUT2D eigenvalue weighted by molar-refractivity contribution is 0.355. The van der Waals surface area contributed by atoms with Gasteiger partial charge >= 0.3 is 0 Å². The van der Waals surface area contributed by atoms with Gasteiger partial charge in [0.1, 0.15) is 12.1 Å². The van der Waals surface area contributed by atoms with Gasteiger partial charge in [0, 0.05) is 17.8 Å². The molecule has 4 rings (SSSR count). The van der Waals surface area contributed by atoms with Gasteiger partial charge in [0.25, 0.3) is 0 Å². The van der Waals surface area contributed by atoms with E-state index in [1.807, 2.05) is 12.4 Å². The van der Waals surface area contributed by atoms with Crippen LogP contribution in [0.5, 0.6) is 0 Å². The maximum absolute atomic E-state index is 13.3. The Bertz CT molecular complexity index is 805. The highest BCUT2D eigenvalue weighted by atomic mass is 19.1. The summed E-state index contributed by atoms with van der Waals surface area (Å²) < 4.78 is 15.5. The van der Waals surface area contributed by atoms with Crippen LogP contribution in [0.25, 0.3) is 22.6 Å². The maximum Gasteiger partial charge on any atom is 0.123 e. The lowest BCUT2D eigenvalue weighted by atomic mass is 9.95. The second-order valence-electron chi connectivity index (χ2n) is 6.24. The first-order chi connectivity index (χ1) is 11.8. The number of hydrogen-bond donors (Lipinski definition) is 0. The summed E-state index contributed by atoms with van der Waals surface area (Å²) in [4.78, 5) is 13.1. The van der Waals surface area contributed by atoms with Crippen LogP contribution in [0.3, 0.4) is 0 Å². The standard InChI is InChI=1S/C19H19FN4/c20-15-8-6-14(7-9-15)18-19(17-10-11-21-12-22-17)24(13-23-18)16-4-2-1-3-5-16/h6-13,16H,1-5H2. The molecule has 0 aliphatic heterocycles. The minimum atomic E-state index is -0.242. The summed E-state index contributed by atoms with van der Waals surface area (Å²) in [7, 11) is 0. The summed E-state index contributed by atoms with van der Waals surface area (Å²) in [6, 6.07) is 8.84. The number of rotatable bonds is 3. The molecular formula is C19H19FN4. The van der Waals surface area contributed by atoms with Crippen molar-refractivity contribution in [2.45, 2.75) is 38.1 Å². The molecule has 0 amide bonds. The number of benzene rings is 1. The predicted molar refractivity (Wildman–Crippen MR) is 90.8 cm³/mol. The fourth-order valence-electron chi connectivity index (χ4n) is 3.50. The molecule has 2 heterocycles. The Balaban J connectivity index is 1.84.